The molecular weight excluding hydrogens is 546 g/mol. The number of carbonyl (C=O) groups is 2. The van der Waals surface area contributed by atoms with Gasteiger partial charge in [0, 0.05) is 25.8 Å². The summed E-state index contributed by atoms with van der Waals surface area (Å²) >= 11 is 0. The predicted octanol–water partition coefficient (Wildman–Crippen LogP) is 4.02. The summed E-state index contributed by atoms with van der Waals surface area (Å²) in [6, 6.07) is 19.6. The van der Waals surface area contributed by atoms with Gasteiger partial charge in [-0.05, 0) is 98.0 Å². The zero-order valence-corrected chi connectivity index (χ0v) is 23.6. The maximum atomic E-state index is 12.6. The van der Waals surface area contributed by atoms with E-state index >= 15 is 0 Å². The van der Waals surface area contributed by atoms with Crippen LogP contribution in [0.1, 0.15) is 18.4 Å². The fourth-order valence-corrected chi connectivity index (χ4v) is 4.57. The Bertz CT molecular complexity index is 1410. The lowest BCUT2D eigenvalue weighted by atomic mass is 9.98. The summed E-state index contributed by atoms with van der Waals surface area (Å²) in [5, 5.41) is 20.5. The molecule has 3 aromatic rings. The van der Waals surface area contributed by atoms with Crippen LogP contribution < -0.4 is 16.0 Å². The number of hydrogen-bond donors (Lipinski definition) is 4. The van der Waals surface area contributed by atoms with Crippen LogP contribution in [0, 0.1) is 11.8 Å². The minimum atomic E-state index is -4.26. The van der Waals surface area contributed by atoms with Crippen molar-refractivity contribution in [1.82, 2.24) is 5.32 Å². The molecule has 0 aliphatic carbocycles. The number of phenolic OH excluding ortho intramolecular Hbond substituents is 1. The third-order valence-electron chi connectivity index (χ3n) is 6.57. The molecule has 0 bridgehead atoms. The molecule has 0 aliphatic rings. The molecule has 0 heterocycles. The van der Waals surface area contributed by atoms with Crippen LogP contribution in [-0.4, -0.2) is 57.0 Å². The van der Waals surface area contributed by atoms with Crippen molar-refractivity contribution in [3.8, 4) is 5.75 Å². The second kappa shape index (κ2) is 15.0. The van der Waals surface area contributed by atoms with Crippen LogP contribution in [0.5, 0.6) is 5.75 Å². The fourth-order valence-electron chi connectivity index (χ4n) is 4.09. The van der Waals surface area contributed by atoms with E-state index in [1.807, 2.05) is 36.2 Å². The molecule has 5 N–H and O–H groups in total. The largest absolute Gasteiger partial charge is 0.508 e. The Kier molecular flexibility index (Phi) is 11.5. The lowest BCUT2D eigenvalue weighted by Crippen LogP contribution is -2.38. The Morgan fingerprint density at radius 1 is 1.00 bits per heavy atom. The van der Waals surface area contributed by atoms with Crippen molar-refractivity contribution in [2.75, 3.05) is 31.6 Å². The van der Waals surface area contributed by atoms with Crippen molar-refractivity contribution in [3.63, 3.8) is 0 Å². The molecule has 0 aromatic heterocycles. The van der Waals surface area contributed by atoms with Crippen LogP contribution in [0.3, 0.4) is 0 Å². The highest BCUT2D eigenvalue weighted by molar-refractivity contribution is 7.85. The van der Waals surface area contributed by atoms with Crippen LogP contribution in [0.4, 0.5) is 17.1 Å². The Balaban J connectivity index is 1.44. The molecule has 0 fully saturated rings. The summed E-state index contributed by atoms with van der Waals surface area (Å²) in [7, 11) is -2.34. The number of benzene rings is 3. The number of rotatable bonds is 15. The molecule has 218 valence electrons. The smallest absolute Gasteiger partial charge is 0.294 e. The van der Waals surface area contributed by atoms with Gasteiger partial charge in [0.15, 0.2) is 0 Å². The number of anilines is 1. The third-order valence-corrected chi connectivity index (χ3v) is 7.44. The SMILES string of the molecule is CN(CCCC(C=O)C(=O)NCC(CN)Cc1ccc(O)cc1)c1ccc(N=Nc2ccc(S(=O)(=O)O)cc2)cc1. The van der Waals surface area contributed by atoms with E-state index < -0.39 is 16.0 Å². The molecule has 11 nitrogen and oxygen atoms in total. The molecule has 2 atom stereocenters. The van der Waals surface area contributed by atoms with Crippen molar-refractivity contribution in [2.24, 2.45) is 27.8 Å². The summed E-state index contributed by atoms with van der Waals surface area (Å²) in [5.41, 5.74) is 8.83. The number of nitrogens with one attached hydrogen (secondary N) is 1. The van der Waals surface area contributed by atoms with Gasteiger partial charge in [-0.3, -0.25) is 9.35 Å². The summed E-state index contributed by atoms with van der Waals surface area (Å²) < 4.78 is 31.3. The number of aromatic hydroxyl groups is 1. The minimum absolute atomic E-state index is 0.00932. The summed E-state index contributed by atoms with van der Waals surface area (Å²) in [6.07, 6.45) is 2.37. The molecule has 12 heteroatoms. The van der Waals surface area contributed by atoms with Gasteiger partial charge in [0.1, 0.15) is 12.0 Å². The normalized spacial score (nSPS) is 13.0. The molecule has 41 heavy (non-hydrogen) atoms. The molecule has 0 spiro atoms. The number of azo groups is 1. The zero-order chi connectivity index (χ0) is 29.8. The number of amides is 1. The molecule has 3 rings (SSSR count). The first-order valence-corrected chi connectivity index (χ1v) is 14.5. The molecule has 1 amide bonds. The lowest BCUT2D eigenvalue weighted by molar-refractivity contribution is -0.129. The maximum absolute atomic E-state index is 12.6. The van der Waals surface area contributed by atoms with E-state index in [1.54, 1.807) is 24.3 Å². The van der Waals surface area contributed by atoms with E-state index in [4.69, 9.17) is 10.3 Å². The van der Waals surface area contributed by atoms with E-state index in [1.165, 1.54) is 24.3 Å². The minimum Gasteiger partial charge on any atom is -0.508 e. The molecule has 0 saturated heterocycles. The van der Waals surface area contributed by atoms with Gasteiger partial charge in [-0.25, -0.2) is 0 Å². The van der Waals surface area contributed by atoms with Crippen LogP contribution in [0.15, 0.2) is 87.9 Å². The van der Waals surface area contributed by atoms with E-state index in [-0.39, 0.29) is 22.5 Å². The topological polar surface area (TPSA) is 175 Å². The number of carbonyl (C=O) groups excluding carboxylic acids is 2. The van der Waals surface area contributed by atoms with E-state index in [9.17, 15) is 23.1 Å². The highest BCUT2D eigenvalue weighted by Gasteiger charge is 2.19. The fraction of sp³-hybridized carbons (Fsp3) is 0.310. The van der Waals surface area contributed by atoms with Crippen molar-refractivity contribution in [3.05, 3.63) is 78.4 Å². The van der Waals surface area contributed by atoms with Gasteiger partial charge in [0.2, 0.25) is 5.91 Å². The van der Waals surface area contributed by atoms with Gasteiger partial charge >= 0.3 is 0 Å². The number of nitrogens with zero attached hydrogens (tertiary/aromatic N) is 3. The third kappa shape index (κ3) is 10.1. The standard InChI is InChI=1S/C29H35N5O6S/c1-34(26-10-6-24(7-11-26)32-33-25-8-14-28(15-9-25)41(38,39)40)16-2-3-23(20-35)29(37)31-19-22(18-30)17-21-4-12-27(36)13-5-21/h4-15,20,22-23,36H,2-3,16-19,30H2,1H3,(H,31,37)(H,38,39,40). The van der Waals surface area contributed by atoms with Crippen molar-refractivity contribution in [1.29, 1.82) is 0 Å². The van der Waals surface area contributed by atoms with Crippen LogP contribution in [0.2, 0.25) is 0 Å². The van der Waals surface area contributed by atoms with Gasteiger partial charge in [0.25, 0.3) is 10.1 Å². The second-order valence-corrected chi connectivity index (χ2v) is 11.1. The highest BCUT2D eigenvalue weighted by atomic mass is 32.2. The van der Waals surface area contributed by atoms with Crippen molar-refractivity contribution < 1.29 is 27.7 Å². The highest BCUT2D eigenvalue weighted by Crippen LogP contribution is 2.23. The van der Waals surface area contributed by atoms with Crippen LogP contribution >= 0.6 is 0 Å². The Hall–Kier alpha value is -4.13. The van der Waals surface area contributed by atoms with Gasteiger partial charge in [0.05, 0.1) is 22.2 Å². The second-order valence-electron chi connectivity index (χ2n) is 9.71. The Morgan fingerprint density at radius 2 is 1.59 bits per heavy atom. The number of phenols is 1. The average Bonchev–Trinajstić information content (AvgIpc) is 2.97. The Labute approximate surface area is 239 Å². The molecule has 0 saturated carbocycles. The molecule has 0 aliphatic heterocycles. The van der Waals surface area contributed by atoms with Crippen molar-refractivity contribution >= 4 is 39.4 Å². The van der Waals surface area contributed by atoms with Crippen molar-refractivity contribution in [2.45, 2.75) is 24.2 Å². The maximum Gasteiger partial charge on any atom is 0.294 e. The molecule has 0 radical (unpaired) electrons. The monoisotopic (exact) mass is 581 g/mol. The summed E-state index contributed by atoms with van der Waals surface area (Å²) in [5.74, 6) is -0.856. The zero-order valence-electron chi connectivity index (χ0n) is 22.8. The molecule has 2 unspecified atom stereocenters. The lowest BCUT2D eigenvalue weighted by Gasteiger charge is -2.21. The summed E-state index contributed by atoms with van der Waals surface area (Å²) in [6.45, 7) is 1.37. The van der Waals surface area contributed by atoms with Crippen LogP contribution in [-0.2, 0) is 26.1 Å². The summed E-state index contributed by atoms with van der Waals surface area (Å²) in [4.78, 5) is 26.0. The van der Waals surface area contributed by atoms with Gasteiger partial charge in [-0.1, -0.05) is 12.1 Å². The quantitative estimate of drug-likeness (QED) is 0.0901. The van der Waals surface area contributed by atoms with Gasteiger partial charge < -0.3 is 25.9 Å². The van der Waals surface area contributed by atoms with Gasteiger partial charge in [-0.2, -0.15) is 18.6 Å². The van der Waals surface area contributed by atoms with E-state index in [0.29, 0.717) is 56.6 Å². The number of aldehydes is 1. The first-order chi connectivity index (χ1) is 19.6. The average molecular weight is 582 g/mol. The van der Waals surface area contributed by atoms with Gasteiger partial charge in [-0.15, -0.1) is 0 Å². The Morgan fingerprint density at radius 3 is 2.12 bits per heavy atom. The molecule has 3 aromatic carbocycles. The first kappa shape index (κ1) is 31.4. The van der Waals surface area contributed by atoms with Crippen LogP contribution in [0.25, 0.3) is 0 Å². The predicted molar refractivity (Wildman–Crippen MR) is 156 cm³/mol. The number of nitrogens with two attached hydrogens (primary N) is 1. The van der Waals surface area contributed by atoms with E-state index in [0.717, 1.165) is 11.3 Å². The molecular formula is C29H35N5O6S. The number of hydrogen-bond acceptors (Lipinski definition) is 9. The first-order valence-electron chi connectivity index (χ1n) is 13.1. The van der Waals surface area contributed by atoms with E-state index in [2.05, 4.69) is 15.5 Å².